The Morgan fingerprint density at radius 3 is 2.73 bits per heavy atom. The summed E-state index contributed by atoms with van der Waals surface area (Å²) in [6, 6.07) is 7.22. The third-order valence-electron chi connectivity index (χ3n) is 2.83. The van der Waals surface area contributed by atoms with E-state index in [1.165, 1.54) is 18.4 Å². The van der Waals surface area contributed by atoms with Crippen LogP contribution < -0.4 is 5.73 Å². The quantitative estimate of drug-likeness (QED) is 0.783. The molecule has 3 nitrogen and oxygen atoms in total. The predicted octanol–water partition coefficient (Wildman–Crippen LogP) is 1.52. The van der Waals surface area contributed by atoms with Crippen LogP contribution in [0.15, 0.2) is 24.3 Å². The van der Waals surface area contributed by atoms with Gasteiger partial charge in [0.15, 0.2) is 0 Å². The lowest BCUT2D eigenvalue weighted by Gasteiger charge is -2.10. The summed E-state index contributed by atoms with van der Waals surface area (Å²) in [6.45, 7) is 0. The molecule has 0 heterocycles. The Balaban J connectivity index is 2.16. The van der Waals surface area contributed by atoms with Gasteiger partial charge in [0.1, 0.15) is 6.04 Å². The van der Waals surface area contributed by atoms with Crippen LogP contribution >= 0.6 is 0 Å². The molecule has 2 rings (SSSR count). The average molecular weight is 205 g/mol. The van der Waals surface area contributed by atoms with E-state index in [-0.39, 0.29) is 0 Å². The van der Waals surface area contributed by atoms with Gasteiger partial charge in [-0.15, -0.1) is 0 Å². The number of carboxylic acid groups (broad SMARTS) is 1. The first-order valence-electron chi connectivity index (χ1n) is 5.24. The minimum Gasteiger partial charge on any atom is -0.480 e. The van der Waals surface area contributed by atoms with Crippen molar-refractivity contribution in [3.8, 4) is 0 Å². The lowest BCUT2D eigenvalue weighted by Crippen LogP contribution is -2.32. The van der Waals surface area contributed by atoms with Crippen molar-refractivity contribution in [2.45, 2.75) is 31.2 Å². The Kier molecular flexibility index (Phi) is 2.73. The zero-order chi connectivity index (χ0) is 10.8. The van der Waals surface area contributed by atoms with E-state index in [2.05, 4.69) is 6.07 Å². The molecule has 3 N–H and O–H groups in total. The van der Waals surface area contributed by atoms with Crippen molar-refractivity contribution in [2.24, 2.45) is 5.73 Å². The molecule has 0 amide bonds. The molecule has 1 aromatic carbocycles. The predicted molar refractivity (Wildman–Crippen MR) is 57.7 cm³/mol. The highest BCUT2D eigenvalue weighted by atomic mass is 16.4. The summed E-state index contributed by atoms with van der Waals surface area (Å²) >= 11 is 0. The van der Waals surface area contributed by atoms with Gasteiger partial charge in [-0.25, -0.2) is 0 Å². The maximum atomic E-state index is 10.7. The van der Waals surface area contributed by atoms with E-state index in [9.17, 15) is 4.79 Å². The van der Waals surface area contributed by atoms with E-state index in [4.69, 9.17) is 10.8 Å². The standard InChI is InChI=1S/C12H15NO2/c13-11(12(14)15)7-9-3-1-2-4-10(9)8-5-6-8/h1-4,8,11H,5-7,13H2,(H,14,15)/t11-/m1/s1. The molecule has 1 aromatic rings. The zero-order valence-electron chi connectivity index (χ0n) is 8.52. The van der Waals surface area contributed by atoms with E-state index in [1.807, 2.05) is 18.2 Å². The minimum absolute atomic E-state index is 0.433. The molecule has 15 heavy (non-hydrogen) atoms. The topological polar surface area (TPSA) is 63.3 Å². The molecule has 1 aliphatic carbocycles. The second-order valence-electron chi connectivity index (χ2n) is 4.12. The van der Waals surface area contributed by atoms with Crippen molar-refractivity contribution < 1.29 is 9.90 Å². The van der Waals surface area contributed by atoms with Crippen LogP contribution in [0.1, 0.15) is 29.9 Å². The fourth-order valence-electron chi connectivity index (χ4n) is 1.84. The number of aliphatic carboxylic acids is 1. The summed E-state index contributed by atoms with van der Waals surface area (Å²) < 4.78 is 0. The van der Waals surface area contributed by atoms with Crippen molar-refractivity contribution in [3.63, 3.8) is 0 Å². The van der Waals surface area contributed by atoms with E-state index >= 15 is 0 Å². The molecular formula is C12H15NO2. The maximum Gasteiger partial charge on any atom is 0.320 e. The van der Waals surface area contributed by atoms with Gasteiger partial charge in [0, 0.05) is 0 Å². The molecule has 3 heteroatoms. The number of nitrogens with two attached hydrogens (primary N) is 1. The number of hydrogen-bond acceptors (Lipinski definition) is 2. The molecule has 1 aliphatic rings. The van der Waals surface area contributed by atoms with Gasteiger partial charge in [-0.05, 0) is 36.3 Å². The summed E-state index contributed by atoms with van der Waals surface area (Å²) in [7, 11) is 0. The Hall–Kier alpha value is -1.35. The number of carboxylic acids is 1. The highest BCUT2D eigenvalue weighted by molar-refractivity contribution is 5.73. The number of benzene rings is 1. The molecule has 0 aliphatic heterocycles. The largest absolute Gasteiger partial charge is 0.480 e. The third-order valence-corrected chi connectivity index (χ3v) is 2.83. The second kappa shape index (κ2) is 4.03. The normalized spacial score (nSPS) is 17.4. The Labute approximate surface area is 88.9 Å². The molecule has 0 unspecified atom stereocenters. The summed E-state index contributed by atoms with van der Waals surface area (Å²) in [6.07, 6.45) is 2.88. The Bertz CT molecular complexity index is 372. The molecule has 0 aromatic heterocycles. The molecule has 80 valence electrons. The molecule has 0 bridgehead atoms. The molecular weight excluding hydrogens is 190 g/mol. The van der Waals surface area contributed by atoms with E-state index in [1.54, 1.807) is 0 Å². The van der Waals surface area contributed by atoms with Gasteiger partial charge in [-0.3, -0.25) is 4.79 Å². The fraction of sp³-hybridized carbons (Fsp3) is 0.417. The van der Waals surface area contributed by atoms with Gasteiger partial charge in [0.25, 0.3) is 0 Å². The SMILES string of the molecule is N[C@H](Cc1ccccc1C1CC1)C(=O)O. The van der Waals surface area contributed by atoms with Crippen molar-refractivity contribution in [1.29, 1.82) is 0 Å². The van der Waals surface area contributed by atoms with Crippen LogP contribution in [0.5, 0.6) is 0 Å². The van der Waals surface area contributed by atoms with Gasteiger partial charge >= 0.3 is 5.97 Å². The maximum absolute atomic E-state index is 10.7. The molecule has 1 atom stereocenters. The van der Waals surface area contributed by atoms with E-state index in [0.29, 0.717) is 12.3 Å². The highest BCUT2D eigenvalue weighted by Crippen LogP contribution is 2.41. The van der Waals surface area contributed by atoms with Crippen LogP contribution in [-0.4, -0.2) is 17.1 Å². The van der Waals surface area contributed by atoms with Crippen LogP contribution in [0.25, 0.3) is 0 Å². The molecule has 1 saturated carbocycles. The molecule has 0 saturated heterocycles. The fourth-order valence-corrected chi connectivity index (χ4v) is 1.84. The van der Waals surface area contributed by atoms with Gasteiger partial charge < -0.3 is 10.8 Å². The van der Waals surface area contributed by atoms with E-state index < -0.39 is 12.0 Å². The van der Waals surface area contributed by atoms with Crippen LogP contribution in [0, 0.1) is 0 Å². The zero-order valence-corrected chi connectivity index (χ0v) is 8.52. The molecule has 0 radical (unpaired) electrons. The lowest BCUT2D eigenvalue weighted by atomic mass is 9.98. The third kappa shape index (κ3) is 2.36. The molecule has 1 fully saturated rings. The summed E-state index contributed by atoms with van der Waals surface area (Å²) in [5.74, 6) is -0.289. The Morgan fingerprint density at radius 2 is 2.13 bits per heavy atom. The van der Waals surface area contributed by atoms with Crippen molar-refractivity contribution in [1.82, 2.24) is 0 Å². The van der Waals surface area contributed by atoms with Crippen molar-refractivity contribution in [3.05, 3.63) is 35.4 Å². The number of rotatable bonds is 4. The minimum atomic E-state index is -0.930. The van der Waals surface area contributed by atoms with Crippen LogP contribution in [0.4, 0.5) is 0 Å². The van der Waals surface area contributed by atoms with Gasteiger partial charge in [0.2, 0.25) is 0 Å². The van der Waals surface area contributed by atoms with Crippen LogP contribution in [0.2, 0.25) is 0 Å². The first kappa shape index (κ1) is 10.2. The average Bonchev–Trinajstić information content (AvgIpc) is 3.02. The number of hydrogen-bond donors (Lipinski definition) is 2. The van der Waals surface area contributed by atoms with Crippen LogP contribution in [0.3, 0.4) is 0 Å². The van der Waals surface area contributed by atoms with Gasteiger partial charge in [0.05, 0.1) is 0 Å². The van der Waals surface area contributed by atoms with E-state index in [0.717, 1.165) is 5.56 Å². The highest BCUT2D eigenvalue weighted by Gasteiger charge is 2.26. The van der Waals surface area contributed by atoms with Crippen molar-refractivity contribution in [2.75, 3.05) is 0 Å². The first-order chi connectivity index (χ1) is 7.18. The summed E-state index contributed by atoms with van der Waals surface area (Å²) in [4.78, 5) is 10.7. The summed E-state index contributed by atoms with van der Waals surface area (Å²) in [5.41, 5.74) is 7.92. The Morgan fingerprint density at radius 1 is 1.47 bits per heavy atom. The second-order valence-corrected chi connectivity index (χ2v) is 4.12. The van der Waals surface area contributed by atoms with Gasteiger partial charge in [-0.1, -0.05) is 24.3 Å². The van der Waals surface area contributed by atoms with Gasteiger partial charge in [-0.2, -0.15) is 0 Å². The van der Waals surface area contributed by atoms with Crippen molar-refractivity contribution >= 4 is 5.97 Å². The molecule has 0 spiro atoms. The van der Waals surface area contributed by atoms with Crippen LogP contribution in [-0.2, 0) is 11.2 Å². The lowest BCUT2D eigenvalue weighted by molar-refractivity contribution is -0.138. The first-order valence-corrected chi connectivity index (χ1v) is 5.24. The summed E-state index contributed by atoms with van der Waals surface area (Å²) in [5, 5.41) is 8.76. The number of carbonyl (C=O) groups is 1. The smallest absolute Gasteiger partial charge is 0.320 e. The monoisotopic (exact) mass is 205 g/mol.